The van der Waals surface area contributed by atoms with E-state index in [1.807, 2.05) is 0 Å². The van der Waals surface area contributed by atoms with Crippen LogP contribution >= 0.6 is 11.6 Å². The fourth-order valence-corrected chi connectivity index (χ4v) is 1.54. The molecule has 3 N–H and O–H groups in total. The van der Waals surface area contributed by atoms with Gasteiger partial charge in [0.2, 0.25) is 0 Å². The van der Waals surface area contributed by atoms with E-state index >= 15 is 0 Å². The van der Waals surface area contributed by atoms with E-state index in [2.05, 4.69) is 0 Å². The molecule has 1 unspecified atom stereocenters. The van der Waals surface area contributed by atoms with Gasteiger partial charge in [0.25, 0.3) is 0 Å². The third kappa shape index (κ3) is 3.49. The first kappa shape index (κ1) is 11.9. The first-order chi connectivity index (χ1) is 7.00. The predicted molar refractivity (Wildman–Crippen MR) is 55.2 cm³/mol. The van der Waals surface area contributed by atoms with Gasteiger partial charge in [-0.05, 0) is 24.1 Å². The van der Waals surface area contributed by atoms with Gasteiger partial charge in [-0.15, -0.1) is 0 Å². The Morgan fingerprint density at radius 1 is 1.60 bits per heavy atom. The summed E-state index contributed by atoms with van der Waals surface area (Å²) in [5.74, 6) is -1.35. The van der Waals surface area contributed by atoms with Crippen LogP contribution in [0.2, 0.25) is 5.02 Å². The molecule has 0 amide bonds. The van der Waals surface area contributed by atoms with Gasteiger partial charge >= 0.3 is 5.97 Å². The molecule has 0 bridgehead atoms. The highest BCUT2D eigenvalue weighted by Gasteiger charge is 2.12. The van der Waals surface area contributed by atoms with Crippen molar-refractivity contribution in [2.24, 2.45) is 5.73 Å². The Bertz CT molecular complexity index is 370. The van der Waals surface area contributed by atoms with Gasteiger partial charge in [-0.25, -0.2) is 4.39 Å². The molecule has 3 nitrogen and oxygen atoms in total. The van der Waals surface area contributed by atoms with Gasteiger partial charge in [0, 0.05) is 17.5 Å². The summed E-state index contributed by atoms with van der Waals surface area (Å²) in [7, 11) is 0. The number of carbonyl (C=O) groups is 1. The summed E-state index contributed by atoms with van der Waals surface area (Å²) in [4.78, 5) is 10.3. The minimum atomic E-state index is -0.913. The molecule has 0 aliphatic rings. The standard InChI is InChI=1S/C10H11ClFNO2/c11-8-5-6(12)1-2-7(8)9(13)3-4-10(14)15/h1-2,5,9H,3-4,13H2,(H,14,15). The van der Waals surface area contributed by atoms with Gasteiger partial charge in [0.15, 0.2) is 0 Å². The van der Waals surface area contributed by atoms with Gasteiger partial charge in [-0.2, -0.15) is 0 Å². The lowest BCUT2D eigenvalue weighted by Crippen LogP contribution is -2.12. The number of nitrogens with two attached hydrogens (primary N) is 1. The molecule has 0 spiro atoms. The molecular weight excluding hydrogens is 221 g/mol. The molecule has 5 heteroatoms. The summed E-state index contributed by atoms with van der Waals surface area (Å²) in [6, 6.07) is 3.41. The molecule has 1 aromatic carbocycles. The highest BCUT2D eigenvalue weighted by molar-refractivity contribution is 6.31. The van der Waals surface area contributed by atoms with Crippen molar-refractivity contribution < 1.29 is 14.3 Å². The van der Waals surface area contributed by atoms with Crippen molar-refractivity contribution in [1.82, 2.24) is 0 Å². The maximum atomic E-state index is 12.7. The van der Waals surface area contributed by atoms with Crippen LogP contribution in [-0.4, -0.2) is 11.1 Å². The largest absolute Gasteiger partial charge is 0.481 e. The first-order valence-corrected chi connectivity index (χ1v) is 4.81. The van der Waals surface area contributed by atoms with Crippen molar-refractivity contribution in [3.05, 3.63) is 34.6 Å². The average molecular weight is 232 g/mol. The predicted octanol–water partition coefficient (Wildman–Crippen LogP) is 2.34. The number of hydrogen-bond donors (Lipinski definition) is 2. The quantitative estimate of drug-likeness (QED) is 0.836. The molecule has 0 aliphatic heterocycles. The van der Waals surface area contributed by atoms with Crippen LogP contribution in [0.4, 0.5) is 4.39 Å². The summed E-state index contributed by atoms with van der Waals surface area (Å²) < 4.78 is 12.7. The number of benzene rings is 1. The molecule has 0 saturated heterocycles. The minimum Gasteiger partial charge on any atom is -0.481 e. The van der Waals surface area contributed by atoms with Crippen LogP contribution in [0, 0.1) is 5.82 Å². The van der Waals surface area contributed by atoms with E-state index in [-0.39, 0.29) is 17.9 Å². The first-order valence-electron chi connectivity index (χ1n) is 4.43. The van der Waals surface area contributed by atoms with E-state index in [1.54, 1.807) is 0 Å². The number of rotatable bonds is 4. The minimum absolute atomic E-state index is 0.0329. The number of carboxylic acids is 1. The van der Waals surface area contributed by atoms with Gasteiger partial charge < -0.3 is 10.8 Å². The van der Waals surface area contributed by atoms with Crippen molar-refractivity contribution >= 4 is 17.6 Å². The molecule has 0 heterocycles. The third-order valence-electron chi connectivity index (χ3n) is 2.03. The van der Waals surface area contributed by atoms with Crippen molar-refractivity contribution in [3.8, 4) is 0 Å². The molecule has 0 aromatic heterocycles. The Morgan fingerprint density at radius 2 is 2.27 bits per heavy atom. The maximum absolute atomic E-state index is 12.7. The van der Waals surface area contributed by atoms with E-state index in [1.165, 1.54) is 12.1 Å². The van der Waals surface area contributed by atoms with Crippen LogP contribution < -0.4 is 5.73 Å². The topological polar surface area (TPSA) is 63.3 Å². The van der Waals surface area contributed by atoms with Crippen molar-refractivity contribution in [1.29, 1.82) is 0 Å². The lowest BCUT2D eigenvalue weighted by atomic mass is 10.0. The Labute approximate surface area is 91.7 Å². The molecule has 0 radical (unpaired) electrons. The Hall–Kier alpha value is -1.13. The molecular formula is C10H11ClFNO2. The second-order valence-electron chi connectivity index (χ2n) is 3.20. The van der Waals surface area contributed by atoms with Gasteiger partial charge in [-0.3, -0.25) is 4.79 Å². The fourth-order valence-electron chi connectivity index (χ4n) is 1.24. The van der Waals surface area contributed by atoms with Gasteiger partial charge in [-0.1, -0.05) is 17.7 Å². The molecule has 15 heavy (non-hydrogen) atoms. The van der Waals surface area contributed by atoms with Crippen LogP contribution in [0.3, 0.4) is 0 Å². The van der Waals surface area contributed by atoms with Gasteiger partial charge in [0.05, 0.1) is 0 Å². The fraction of sp³-hybridized carbons (Fsp3) is 0.300. The number of aliphatic carboxylic acids is 1. The van der Waals surface area contributed by atoms with Crippen LogP contribution in [0.25, 0.3) is 0 Å². The Kier molecular flexibility index (Phi) is 4.05. The highest BCUT2D eigenvalue weighted by Crippen LogP contribution is 2.25. The lowest BCUT2D eigenvalue weighted by molar-refractivity contribution is -0.137. The molecule has 0 saturated carbocycles. The van der Waals surface area contributed by atoms with E-state index in [9.17, 15) is 9.18 Å². The van der Waals surface area contributed by atoms with Crippen molar-refractivity contribution in [2.75, 3.05) is 0 Å². The van der Waals surface area contributed by atoms with Gasteiger partial charge in [0.1, 0.15) is 5.82 Å². The third-order valence-corrected chi connectivity index (χ3v) is 2.36. The Balaban J connectivity index is 2.73. The maximum Gasteiger partial charge on any atom is 0.303 e. The second-order valence-corrected chi connectivity index (χ2v) is 3.61. The summed E-state index contributed by atoms with van der Waals surface area (Å²) in [5, 5.41) is 8.70. The molecule has 0 fully saturated rings. The van der Waals surface area contributed by atoms with E-state index in [0.29, 0.717) is 5.56 Å². The lowest BCUT2D eigenvalue weighted by Gasteiger charge is -2.12. The highest BCUT2D eigenvalue weighted by atomic mass is 35.5. The van der Waals surface area contributed by atoms with Crippen LogP contribution in [0.1, 0.15) is 24.4 Å². The molecule has 82 valence electrons. The molecule has 1 rings (SSSR count). The van der Waals surface area contributed by atoms with Crippen LogP contribution in [-0.2, 0) is 4.79 Å². The summed E-state index contributed by atoms with van der Waals surface area (Å²) >= 11 is 5.77. The zero-order valence-corrected chi connectivity index (χ0v) is 8.67. The van der Waals surface area contributed by atoms with E-state index in [4.69, 9.17) is 22.4 Å². The summed E-state index contributed by atoms with van der Waals surface area (Å²) in [6.07, 6.45) is 0.246. The van der Waals surface area contributed by atoms with Crippen LogP contribution in [0.5, 0.6) is 0 Å². The molecule has 1 aromatic rings. The monoisotopic (exact) mass is 231 g/mol. The summed E-state index contributed by atoms with van der Waals surface area (Å²) in [6.45, 7) is 0. The second kappa shape index (κ2) is 5.09. The number of hydrogen-bond acceptors (Lipinski definition) is 2. The SMILES string of the molecule is NC(CCC(=O)O)c1ccc(F)cc1Cl. The number of carboxylic acid groups (broad SMARTS) is 1. The zero-order chi connectivity index (χ0) is 11.4. The number of halogens is 2. The Morgan fingerprint density at radius 3 is 2.80 bits per heavy atom. The van der Waals surface area contributed by atoms with Crippen LogP contribution in [0.15, 0.2) is 18.2 Å². The zero-order valence-electron chi connectivity index (χ0n) is 7.91. The van der Waals surface area contributed by atoms with Crippen molar-refractivity contribution in [3.63, 3.8) is 0 Å². The van der Waals surface area contributed by atoms with Crippen molar-refractivity contribution in [2.45, 2.75) is 18.9 Å². The smallest absolute Gasteiger partial charge is 0.303 e. The average Bonchev–Trinajstić information content (AvgIpc) is 2.14. The molecule has 1 atom stereocenters. The molecule has 0 aliphatic carbocycles. The summed E-state index contributed by atoms with van der Waals surface area (Å²) in [5.41, 5.74) is 6.29. The van der Waals surface area contributed by atoms with E-state index < -0.39 is 17.8 Å². The van der Waals surface area contributed by atoms with E-state index in [0.717, 1.165) is 6.07 Å². The normalized spacial score (nSPS) is 12.5.